The van der Waals surface area contributed by atoms with Crippen LogP contribution in [0.5, 0.6) is 0 Å². The maximum Gasteiger partial charge on any atom is 0.137 e. The minimum atomic E-state index is -0.978. The lowest BCUT2D eigenvalue weighted by atomic mass is 9.35. The molecule has 14 atom stereocenters. The van der Waals surface area contributed by atoms with E-state index in [9.17, 15) is 20.1 Å². The van der Waals surface area contributed by atoms with Gasteiger partial charge >= 0.3 is 0 Å². The Bertz CT molecular complexity index is 1110. The van der Waals surface area contributed by atoms with Gasteiger partial charge in [0.15, 0.2) is 0 Å². The minimum Gasteiger partial charge on any atom is -0.393 e. The molecular formula is C36H58O6. The van der Waals surface area contributed by atoms with E-state index in [-0.39, 0.29) is 51.8 Å². The first-order valence-electron chi connectivity index (χ1n) is 17.0. The van der Waals surface area contributed by atoms with E-state index >= 15 is 0 Å². The number of ketones is 1. The highest BCUT2D eigenvalue weighted by atomic mass is 16.6. The van der Waals surface area contributed by atoms with Crippen LogP contribution in [0, 0.1) is 45.3 Å². The number of hydrogen-bond donors (Lipinski definition) is 3. The van der Waals surface area contributed by atoms with Crippen LogP contribution in [0.4, 0.5) is 0 Å². The summed E-state index contributed by atoms with van der Waals surface area (Å²) >= 11 is 0. The number of Topliss-reactive ketones (excluding diaryl/α,β-unsaturated/α-hetero) is 1. The molecule has 0 aromatic carbocycles. The Hall–Kier alpha value is -0.790. The highest BCUT2D eigenvalue weighted by molar-refractivity contribution is 5.84. The Morgan fingerprint density at radius 3 is 2.36 bits per heavy atom. The lowest BCUT2D eigenvalue weighted by Gasteiger charge is -2.69. The van der Waals surface area contributed by atoms with Crippen LogP contribution < -0.4 is 0 Å². The smallest absolute Gasteiger partial charge is 0.137 e. The molecule has 5 saturated carbocycles. The summed E-state index contributed by atoms with van der Waals surface area (Å²) in [4.78, 5) is 14.6. The number of carbonyl (C=O) groups is 1. The zero-order chi connectivity index (χ0) is 30.6. The molecule has 6 unspecified atom stereocenters. The topological polar surface area (TPSA) is 99.5 Å². The fourth-order valence-electron chi connectivity index (χ4n) is 12.0. The highest BCUT2D eigenvalue weighted by Gasteiger charge is 2.72. The molecule has 0 radical (unpaired) electrons. The first-order chi connectivity index (χ1) is 19.5. The van der Waals surface area contributed by atoms with Gasteiger partial charge in [0.25, 0.3) is 0 Å². The molecule has 3 N–H and O–H groups in total. The van der Waals surface area contributed by atoms with Gasteiger partial charge in [0.1, 0.15) is 24.1 Å². The van der Waals surface area contributed by atoms with Gasteiger partial charge in [-0.05, 0) is 112 Å². The second kappa shape index (κ2) is 10.1. The van der Waals surface area contributed by atoms with Gasteiger partial charge in [-0.25, -0.2) is 0 Å². The normalized spacial score (nSPS) is 52.3. The van der Waals surface area contributed by atoms with E-state index in [1.165, 1.54) is 5.57 Å². The predicted molar refractivity (Wildman–Crippen MR) is 163 cm³/mol. The summed E-state index contributed by atoms with van der Waals surface area (Å²) in [7, 11) is 0. The Labute approximate surface area is 254 Å². The maximum absolute atomic E-state index is 14.6. The van der Waals surface area contributed by atoms with Gasteiger partial charge in [-0.15, -0.1) is 0 Å². The van der Waals surface area contributed by atoms with E-state index in [0.717, 1.165) is 51.4 Å². The van der Waals surface area contributed by atoms with Gasteiger partial charge in [-0.3, -0.25) is 4.79 Å². The number of ether oxygens (including phenoxy) is 2. The van der Waals surface area contributed by atoms with E-state index in [2.05, 4.69) is 61.5 Å². The molecule has 6 aliphatic rings. The number of aliphatic hydroxyl groups is 3. The SMILES string of the molecule is CC(C)=CCC[C@](C)(O[C@@H]1CC2O[C@@H]2[C@H](O)C1O)C1CC[C@]2(C)C1C(=O)CC1[C@@]3(C)CC[C@H](O)C(C)(C)C3CC[C@]12C. The van der Waals surface area contributed by atoms with E-state index in [4.69, 9.17) is 9.47 Å². The standard InChI is InChI=1S/C36H58O6/c1-20(2)10-9-14-36(8,42-23-19-24-31(41-24)30(40)29(23)39)21-11-16-35(7)28(21)22(37)18-26-33(5)15-13-27(38)32(3,4)25(33)12-17-34(26,35)6/h10,21,23-31,38-40H,9,11-19H2,1-8H3/t21?,23-,24?,25?,26?,27+,28?,29?,30-,31+,33+,34-,35-,36+/m1/s1. The Morgan fingerprint density at radius 2 is 1.67 bits per heavy atom. The molecule has 5 aliphatic carbocycles. The zero-order valence-electron chi connectivity index (χ0n) is 27.5. The molecule has 42 heavy (non-hydrogen) atoms. The molecule has 6 heteroatoms. The van der Waals surface area contributed by atoms with Crippen LogP contribution in [0.15, 0.2) is 11.6 Å². The van der Waals surface area contributed by atoms with Crippen molar-refractivity contribution in [1.29, 1.82) is 0 Å². The summed E-state index contributed by atoms with van der Waals surface area (Å²) in [6, 6.07) is 0. The number of allylic oxidation sites excluding steroid dienone is 2. The first-order valence-corrected chi connectivity index (χ1v) is 17.0. The molecule has 0 spiro atoms. The van der Waals surface area contributed by atoms with Crippen LogP contribution in [0.2, 0.25) is 0 Å². The van der Waals surface area contributed by atoms with Crippen molar-refractivity contribution in [1.82, 2.24) is 0 Å². The van der Waals surface area contributed by atoms with E-state index in [0.29, 0.717) is 30.5 Å². The molecule has 6 nitrogen and oxygen atoms in total. The van der Waals surface area contributed by atoms with Crippen LogP contribution in [-0.2, 0) is 14.3 Å². The summed E-state index contributed by atoms with van der Waals surface area (Å²) in [5, 5.41) is 32.7. The Balaban J connectivity index is 1.33. The molecule has 0 amide bonds. The second-order valence-electron chi connectivity index (χ2n) is 17.3. The van der Waals surface area contributed by atoms with Crippen molar-refractivity contribution in [3.63, 3.8) is 0 Å². The molecule has 0 aromatic heterocycles. The van der Waals surface area contributed by atoms with Crippen LogP contribution in [0.3, 0.4) is 0 Å². The van der Waals surface area contributed by atoms with Crippen molar-refractivity contribution in [2.24, 2.45) is 45.3 Å². The van der Waals surface area contributed by atoms with Gasteiger partial charge in [0.2, 0.25) is 0 Å². The molecule has 6 rings (SSSR count). The van der Waals surface area contributed by atoms with E-state index in [1.807, 2.05) is 0 Å². The average molecular weight is 587 g/mol. The van der Waals surface area contributed by atoms with Gasteiger partial charge in [0, 0.05) is 18.8 Å². The molecule has 1 aliphatic heterocycles. The number of fused-ring (bicyclic) bond motifs is 6. The molecular weight excluding hydrogens is 528 g/mol. The fraction of sp³-hybridized carbons (Fsp3) is 0.917. The monoisotopic (exact) mass is 586 g/mol. The maximum atomic E-state index is 14.6. The minimum absolute atomic E-state index is 0.0421. The van der Waals surface area contributed by atoms with Crippen LogP contribution in [0.25, 0.3) is 0 Å². The van der Waals surface area contributed by atoms with Crippen molar-refractivity contribution < 1.29 is 29.6 Å². The lowest BCUT2D eigenvalue weighted by Crippen LogP contribution is -2.66. The third kappa shape index (κ3) is 4.39. The Morgan fingerprint density at radius 1 is 0.976 bits per heavy atom. The average Bonchev–Trinajstić information content (AvgIpc) is 3.58. The van der Waals surface area contributed by atoms with Crippen LogP contribution in [-0.4, -0.2) is 63.3 Å². The van der Waals surface area contributed by atoms with Crippen molar-refractivity contribution in [3.8, 4) is 0 Å². The highest BCUT2D eigenvalue weighted by Crippen LogP contribution is 2.75. The van der Waals surface area contributed by atoms with Gasteiger partial charge in [0.05, 0.1) is 23.9 Å². The summed E-state index contributed by atoms with van der Waals surface area (Å²) in [5.41, 5.74) is 0.497. The van der Waals surface area contributed by atoms with E-state index < -0.39 is 23.9 Å². The van der Waals surface area contributed by atoms with E-state index in [1.54, 1.807) is 0 Å². The van der Waals surface area contributed by atoms with Crippen molar-refractivity contribution in [2.45, 2.75) is 162 Å². The zero-order valence-corrected chi connectivity index (χ0v) is 27.5. The summed E-state index contributed by atoms with van der Waals surface area (Å²) in [6.07, 6.45) is 8.09. The predicted octanol–water partition coefficient (Wildman–Crippen LogP) is 5.99. The molecule has 6 fully saturated rings. The van der Waals surface area contributed by atoms with Gasteiger partial charge < -0.3 is 24.8 Å². The molecule has 1 saturated heterocycles. The second-order valence-corrected chi connectivity index (χ2v) is 17.3. The quantitative estimate of drug-likeness (QED) is 0.261. The number of hydrogen-bond acceptors (Lipinski definition) is 6. The molecule has 0 bridgehead atoms. The first kappa shape index (κ1) is 31.2. The van der Waals surface area contributed by atoms with Gasteiger partial charge in [-0.1, -0.05) is 46.3 Å². The third-order valence-electron chi connectivity index (χ3n) is 14.7. The molecule has 0 aromatic rings. The summed E-state index contributed by atoms with van der Waals surface area (Å²) < 4.78 is 12.6. The summed E-state index contributed by atoms with van der Waals surface area (Å²) in [5.74, 6) is 1.13. The lowest BCUT2D eigenvalue weighted by molar-refractivity contribution is -0.227. The third-order valence-corrected chi connectivity index (χ3v) is 14.7. The van der Waals surface area contributed by atoms with Crippen molar-refractivity contribution in [3.05, 3.63) is 11.6 Å². The van der Waals surface area contributed by atoms with Crippen LogP contribution >= 0.6 is 0 Å². The van der Waals surface area contributed by atoms with Gasteiger partial charge in [-0.2, -0.15) is 0 Å². The van der Waals surface area contributed by atoms with Crippen LogP contribution in [0.1, 0.15) is 120 Å². The number of aliphatic hydroxyl groups excluding tert-OH is 3. The fourth-order valence-corrected chi connectivity index (χ4v) is 12.0. The molecule has 238 valence electrons. The van der Waals surface area contributed by atoms with Crippen molar-refractivity contribution >= 4 is 5.78 Å². The number of carbonyl (C=O) groups excluding carboxylic acids is 1. The van der Waals surface area contributed by atoms with Crippen molar-refractivity contribution in [2.75, 3.05) is 0 Å². The largest absolute Gasteiger partial charge is 0.393 e. The number of rotatable bonds is 6. The molecule has 1 heterocycles. The Kier molecular flexibility index (Phi) is 7.51. The summed E-state index contributed by atoms with van der Waals surface area (Å²) in [6.45, 7) is 18.3. The number of epoxide rings is 1.